The number of anilines is 1. The second-order valence-electron chi connectivity index (χ2n) is 5.73. The van der Waals surface area contributed by atoms with Crippen molar-refractivity contribution in [3.63, 3.8) is 0 Å². The lowest BCUT2D eigenvalue weighted by atomic mass is 10.2. The van der Waals surface area contributed by atoms with Crippen molar-refractivity contribution in [3.8, 4) is 0 Å². The van der Waals surface area contributed by atoms with Gasteiger partial charge in [0, 0.05) is 23.3 Å². The largest absolute Gasteiger partial charge is 0.465 e. The number of esters is 2. The van der Waals surface area contributed by atoms with E-state index in [1.165, 1.54) is 19.5 Å². The summed E-state index contributed by atoms with van der Waals surface area (Å²) >= 11 is 5.86. The van der Waals surface area contributed by atoms with Gasteiger partial charge in [0.2, 0.25) is 0 Å². The van der Waals surface area contributed by atoms with Gasteiger partial charge in [0.05, 0.1) is 18.4 Å². The lowest BCUT2D eigenvalue weighted by molar-refractivity contribution is -0.147. The third kappa shape index (κ3) is 4.29. The molecular weight excluding hydrogens is 386 g/mol. The Balaban J connectivity index is 1.64. The molecule has 1 amide bonds. The number of aromatic nitrogens is 2. The average Bonchev–Trinajstić information content (AvgIpc) is 3.06. The number of nitrogens with one attached hydrogen (secondary N) is 1. The van der Waals surface area contributed by atoms with Crippen molar-refractivity contribution < 1.29 is 23.9 Å². The van der Waals surface area contributed by atoms with Gasteiger partial charge < -0.3 is 19.4 Å². The van der Waals surface area contributed by atoms with Crippen LogP contribution in [0.15, 0.2) is 48.8 Å². The Morgan fingerprint density at radius 1 is 1.18 bits per heavy atom. The molecule has 0 aliphatic rings. The predicted molar refractivity (Wildman–Crippen MR) is 102 cm³/mol. The van der Waals surface area contributed by atoms with E-state index in [4.69, 9.17) is 21.1 Å². The first-order valence-corrected chi connectivity index (χ1v) is 8.59. The maximum atomic E-state index is 12.2. The highest BCUT2D eigenvalue weighted by Crippen LogP contribution is 2.22. The number of halogens is 1. The van der Waals surface area contributed by atoms with Gasteiger partial charge in [-0.2, -0.15) is 0 Å². The quantitative estimate of drug-likeness (QED) is 0.503. The Kier molecular flexibility index (Phi) is 5.90. The Hall–Kier alpha value is -3.39. The summed E-state index contributed by atoms with van der Waals surface area (Å²) in [6.45, 7) is -0.647. The first-order valence-electron chi connectivity index (χ1n) is 8.21. The van der Waals surface area contributed by atoms with Crippen LogP contribution in [-0.4, -0.2) is 41.1 Å². The molecule has 0 radical (unpaired) electrons. The molecular formula is C19H16ClN3O5. The summed E-state index contributed by atoms with van der Waals surface area (Å²) in [4.78, 5) is 39.8. The zero-order valence-corrected chi connectivity index (χ0v) is 15.6. The van der Waals surface area contributed by atoms with E-state index in [0.717, 1.165) is 0 Å². The summed E-state index contributed by atoms with van der Waals surface area (Å²) in [6.07, 6.45) is 3.01. The molecule has 3 rings (SSSR count). The standard InChI is InChI=1S/C19H16ClN3O5/c1-27-19(26)13-9-23(15-7-3-2-5-12(13)15)10-17(25)28-11-16(24)22-14-6-4-8-21-18(14)20/h2-9H,10-11H2,1H3,(H,22,24). The number of carbonyl (C=O) groups excluding carboxylic acids is 3. The molecule has 0 saturated heterocycles. The number of carbonyl (C=O) groups is 3. The minimum absolute atomic E-state index is 0.135. The number of benzene rings is 1. The molecule has 0 saturated carbocycles. The molecule has 0 unspecified atom stereocenters. The van der Waals surface area contributed by atoms with E-state index in [9.17, 15) is 14.4 Å². The minimum atomic E-state index is -0.635. The summed E-state index contributed by atoms with van der Waals surface area (Å²) < 4.78 is 11.4. The molecule has 0 fully saturated rings. The van der Waals surface area contributed by atoms with E-state index in [-0.39, 0.29) is 11.7 Å². The summed E-state index contributed by atoms with van der Waals surface area (Å²) in [5.41, 5.74) is 1.34. The fourth-order valence-electron chi connectivity index (χ4n) is 2.65. The van der Waals surface area contributed by atoms with Crippen molar-refractivity contribution >= 4 is 46.0 Å². The molecule has 2 aromatic heterocycles. The summed E-state index contributed by atoms with van der Waals surface area (Å²) in [5.74, 6) is -1.68. The molecule has 2 heterocycles. The maximum absolute atomic E-state index is 12.2. The molecule has 0 spiro atoms. The first-order chi connectivity index (χ1) is 13.5. The normalized spacial score (nSPS) is 10.5. The number of para-hydroxylation sites is 1. The number of methoxy groups -OCH3 is 1. The third-order valence-electron chi connectivity index (χ3n) is 3.89. The van der Waals surface area contributed by atoms with Gasteiger partial charge in [-0.3, -0.25) is 9.59 Å². The molecule has 0 bridgehead atoms. The molecule has 3 aromatic rings. The van der Waals surface area contributed by atoms with Crippen molar-refractivity contribution in [2.75, 3.05) is 19.0 Å². The van der Waals surface area contributed by atoms with Gasteiger partial charge in [-0.15, -0.1) is 0 Å². The van der Waals surface area contributed by atoms with Crippen molar-refractivity contribution in [1.29, 1.82) is 0 Å². The number of nitrogens with zero attached hydrogens (tertiary/aromatic N) is 2. The van der Waals surface area contributed by atoms with Crippen LogP contribution in [0.25, 0.3) is 10.9 Å². The third-order valence-corrected chi connectivity index (χ3v) is 4.19. The van der Waals surface area contributed by atoms with E-state index in [0.29, 0.717) is 22.2 Å². The fourth-order valence-corrected chi connectivity index (χ4v) is 2.81. The molecule has 0 aliphatic carbocycles. The first kappa shape index (κ1) is 19.4. The minimum Gasteiger partial charge on any atom is -0.465 e. The zero-order chi connectivity index (χ0) is 20.1. The van der Waals surface area contributed by atoms with Crippen LogP contribution in [0.2, 0.25) is 5.15 Å². The Bertz CT molecular complexity index is 1050. The topological polar surface area (TPSA) is 99.5 Å². The molecule has 9 heteroatoms. The van der Waals surface area contributed by atoms with Gasteiger partial charge in [0.1, 0.15) is 6.54 Å². The van der Waals surface area contributed by atoms with Crippen molar-refractivity contribution in [2.24, 2.45) is 0 Å². The van der Waals surface area contributed by atoms with Crippen molar-refractivity contribution in [1.82, 2.24) is 9.55 Å². The van der Waals surface area contributed by atoms with Crippen molar-refractivity contribution in [3.05, 3.63) is 59.5 Å². The zero-order valence-electron chi connectivity index (χ0n) is 14.8. The van der Waals surface area contributed by atoms with Gasteiger partial charge in [0.25, 0.3) is 5.91 Å². The summed E-state index contributed by atoms with van der Waals surface area (Å²) in [7, 11) is 1.29. The lowest BCUT2D eigenvalue weighted by Gasteiger charge is -2.08. The van der Waals surface area contributed by atoms with Gasteiger partial charge >= 0.3 is 11.9 Å². The van der Waals surface area contributed by atoms with E-state index in [2.05, 4.69) is 10.3 Å². The Morgan fingerprint density at radius 3 is 2.71 bits per heavy atom. The summed E-state index contributed by atoms with van der Waals surface area (Å²) in [6, 6.07) is 10.3. The highest BCUT2D eigenvalue weighted by Gasteiger charge is 2.17. The molecule has 0 atom stereocenters. The number of amides is 1. The van der Waals surface area contributed by atoms with Crippen LogP contribution >= 0.6 is 11.6 Å². The van der Waals surface area contributed by atoms with E-state index in [1.807, 2.05) is 0 Å². The number of fused-ring (bicyclic) bond motifs is 1. The van der Waals surface area contributed by atoms with Gasteiger partial charge in [0.15, 0.2) is 11.8 Å². The van der Waals surface area contributed by atoms with Crippen LogP contribution in [0.1, 0.15) is 10.4 Å². The second-order valence-corrected chi connectivity index (χ2v) is 6.09. The van der Waals surface area contributed by atoms with Gasteiger partial charge in [-0.05, 0) is 18.2 Å². The number of hydrogen-bond acceptors (Lipinski definition) is 6. The Labute approximate surface area is 165 Å². The van der Waals surface area contributed by atoms with Crippen LogP contribution in [0, 0.1) is 0 Å². The van der Waals surface area contributed by atoms with Gasteiger partial charge in [-0.25, -0.2) is 9.78 Å². The van der Waals surface area contributed by atoms with E-state index >= 15 is 0 Å². The number of rotatable bonds is 6. The van der Waals surface area contributed by atoms with Gasteiger partial charge in [-0.1, -0.05) is 29.8 Å². The fraction of sp³-hybridized carbons (Fsp3) is 0.158. The van der Waals surface area contributed by atoms with Crippen LogP contribution < -0.4 is 5.32 Å². The molecule has 1 aromatic carbocycles. The molecule has 144 valence electrons. The number of pyridine rings is 1. The maximum Gasteiger partial charge on any atom is 0.340 e. The summed E-state index contributed by atoms with van der Waals surface area (Å²) in [5, 5.41) is 3.30. The number of hydrogen-bond donors (Lipinski definition) is 1. The number of ether oxygens (including phenoxy) is 2. The van der Waals surface area contributed by atoms with E-state index < -0.39 is 24.5 Å². The van der Waals surface area contributed by atoms with Crippen molar-refractivity contribution in [2.45, 2.75) is 6.54 Å². The predicted octanol–water partition coefficient (Wildman–Crippen LogP) is 2.66. The highest BCUT2D eigenvalue weighted by molar-refractivity contribution is 6.32. The smallest absolute Gasteiger partial charge is 0.340 e. The molecule has 28 heavy (non-hydrogen) atoms. The van der Waals surface area contributed by atoms with Crippen LogP contribution in [0.3, 0.4) is 0 Å². The van der Waals surface area contributed by atoms with Crippen LogP contribution in [0.5, 0.6) is 0 Å². The average molecular weight is 402 g/mol. The van der Waals surface area contributed by atoms with Crippen LogP contribution in [-0.2, 0) is 25.6 Å². The second kappa shape index (κ2) is 8.53. The van der Waals surface area contributed by atoms with E-state index in [1.54, 1.807) is 41.0 Å². The monoisotopic (exact) mass is 401 g/mol. The SMILES string of the molecule is COC(=O)c1cn(CC(=O)OCC(=O)Nc2cccnc2Cl)c2ccccc12. The highest BCUT2D eigenvalue weighted by atomic mass is 35.5. The molecule has 8 nitrogen and oxygen atoms in total. The Morgan fingerprint density at radius 2 is 1.96 bits per heavy atom. The molecule has 0 aliphatic heterocycles. The lowest BCUT2D eigenvalue weighted by Crippen LogP contribution is -2.23. The molecule has 1 N–H and O–H groups in total. The van der Waals surface area contributed by atoms with Crippen LogP contribution in [0.4, 0.5) is 5.69 Å².